The number of halogens is 1. The minimum absolute atomic E-state index is 0.166. The molecule has 0 radical (unpaired) electrons. The van der Waals surface area contributed by atoms with E-state index in [9.17, 15) is 14.3 Å². The first kappa shape index (κ1) is 13.9. The molecule has 0 unspecified atom stereocenters. The van der Waals surface area contributed by atoms with E-state index < -0.39 is 11.7 Å². The van der Waals surface area contributed by atoms with Crippen molar-refractivity contribution in [1.82, 2.24) is 0 Å². The number of nitrogens with zero attached hydrogens (tertiary/aromatic N) is 1. The van der Waals surface area contributed by atoms with Gasteiger partial charge in [0.05, 0.1) is 11.4 Å². The van der Waals surface area contributed by atoms with Gasteiger partial charge in [-0.1, -0.05) is 12.1 Å². The van der Waals surface area contributed by atoms with E-state index in [0.717, 1.165) is 0 Å². The Morgan fingerprint density at radius 2 is 2.00 bits per heavy atom. The molecule has 0 heterocycles. The average molecular weight is 274 g/mol. The van der Waals surface area contributed by atoms with Crippen LogP contribution in [0, 0.1) is 5.82 Å². The molecule has 20 heavy (non-hydrogen) atoms. The zero-order valence-corrected chi connectivity index (χ0v) is 11.0. The zero-order chi connectivity index (χ0) is 14.7. The molecule has 0 aromatic heterocycles. The van der Waals surface area contributed by atoms with Crippen LogP contribution >= 0.6 is 0 Å². The van der Waals surface area contributed by atoms with E-state index in [1.54, 1.807) is 19.1 Å². The fourth-order valence-corrected chi connectivity index (χ4v) is 1.93. The Labute approximate surface area is 116 Å². The van der Waals surface area contributed by atoms with E-state index in [0.29, 0.717) is 6.54 Å². The molecule has 0 spiro atoms. The first-order valence-electron chi connectivity index (χ1n) is 6.19. The number of nitrogen functional groups attached to an aromatic ring is 1. The molecule has 104 valence electrons. The predicted octanol–water partition coefficient (Wildman–Crippen LogP) is 2.78. The van der Waals surface area contributed by atoms with Crippen LogP contribution in [0.1, 0.15) is 17.3 Å². The summed E-state index contributed by atoms with van der Waals surface area (Å²) < 4.78 is 13.8. The van der Waals surface area contributed by atoms with Gasteiger partial charge < -0.3 is 15.7 Å². The van der Waals surface area contributed by atoms with E-state index in [2.05, 4.69) is 0 Å². The number of amides is 1. The van der Waals surface area contributed by atoms with Crippen LogP contribution in [0.5, 0.6) is 5.75 Å². The number of phenolic OH excluding ortho intramolecular Hbond substituents is 1. The van der Waals surface area contributed by atoms with Crippen molar-refractivity contribution in [2.24, 2.45) is 0 Å². The van der Waals surface area contributed by atoms with E-state index in [4.69, 9.17) is 5.73 Å². The Kier molecular flexibility index (Phi) is 3.89. The number of carbonyl (C=O) groups excluding carboxylic acids is 1. The summed E-state index contributed by atoms with van der Waals surface area (Å²) in [6, 6.07) is 10.3. The summed E-state index contributed by atoms with van der Waals surface area (Å²) in [7, 11) is 0. The van der Waals surface area contributed by atoms with Gasteiger partial charge in [0.2, 0.25) is 0 Å². The highest BCUT2D eigenvalue weighted by molar-refractivity contribution is 6.06. The molecule has 0 saturated carbocycles. The number of hydrogen-bond donors (Lipinski definition) is 2. The summed E-state index contributed by atoms with van der Waals surface area (Å²) in [5.74, 6) is -1.03. The van der Waals surface area contributed by atoms with Crippen molar-refractivity contribution >= 4 is 17.3 Å². The topological polar surface area (TPSA) is 66.6 Å². The molecule has 2 aromatic rings. The molecule has 0 saturated heterocycles. The summed E-state index contributed by atoms with van der Waals surface area (Å²) in [4.78, 5) is 13.7. The molecule has 0 aliphatic carbocycles. The molecule has 0 fully saturated rings. The number of benzene rings is 2. The fraction of sp³-hybridized carbons (Fsp3) is 0.133. The number of hydrogen-bond acceptors (Lipinski definition) is 3. The second kappa shape index (κ2) is 5.61. The van der Waals surface area contributed by atoms with Crippen LogP contribution < -0.4 is 10.6 Å². The molecule has 0 atom stereocenters. The molecule has 2 rings (SSSR count). The number of phenols is 1. The number of anilines is 2. The maximum absolute atomic E-state index is 13.8. The number of aromatic hydroxyl groups is 1. The molecule has 5 heteroatoms. The predicted molar refractivity (Wildman–Crippen MR) is 76.3 cm³/mol. The van der Waals surface area contributed by atoms with Crippen molar-refractivity contribution in [3.8, 4) is 5.75 Å². The van der Waals surface area contributed by atoms with Crippen molar-refractivity contribution in [3.05, 3.63) is 53.8 Å². The van der Waals surface area contributed by atoms with Crippen LogP contribution in [0.25, 0.3) is 0 Å². The Morgan fingerprint density at radius 1 is 1.30 bits per heavy atom. The monoisotopic (exact) mass is 274 g/mol. The highest BCUT2D eigenvalue weighted by Crippen LogP contribution is 2.24. The van der Waals surface area contributed by atoms with Crippen molar-refractivity contribution in [3.63, 3.8) is 0 Å². The second-order valence-corrected chi connectivity index (χ2v) is 4.27. The van der Waals surface area contributed by atoms with Gasteiger partial charge in [0.15, 0.2) is 0 Å². The lowest BCUT2D eigenvalue weighted by atomic mass is 10.1. The lowest BCUT2D eigenvalue weighted by Crippen LogP contribution is -2.31. The summed E-state index contributed by atoms with van der Waals surface area (Å²) in [5.41, 5.74) is 6.14. The number of rotatable bonds is 3. The smallest absolute Gasteiger partial charge is 0.258 e. The Hall–Kier alpha value is -2.56. The highest BCUT2D eigenvalue weighted by atomic mass is 19.1. The standard InChI is InChI=1S/C15H15FN2O2/c1-2-18(13-6-4-3-5-11(13)16)15(20)10-7-8-12(17)14(19)9-10/h3-9,19H,2,17H2,1H3. The van der Waals surface area contributed by atoms with E-state index in [1.165, 1.54) is 35.2 Å². The molecule has 0 bridgehead atoms. The van der Waals surface area contributed by atoms with Crippen molar-refractivity contribution in [2.45, 2.75) is 6.92 Å². The molecular weight excluding hydrogens is 259 g/mol. The molecular formula is C15H15FN2O2. The van der Waals surface area contributed by atoms with Crippen molar-refractivity contribution in [1.29, 1.82) is 0 Å². The first-order valence-corrected chi connectivity index (χ1v) is 6.19. The minimum atomic E-state index is -0.470. The molecule has 0 aliphatic heterocycles. The maximum Gasteiger partial charge on any atom is 0.258 e. The third-order valence-corrected chi connectivity index (χ3v) is 2.98. The largest absolute Gasteiger partial charge is 0.506 e. The van der Waals surface area contributed by atoms with E-state index in [1.807, 2.05) is 0 Å². The van der Waals surface area contributed by atoms with Crippen LogP contribution in [-0.4, -0.2) is 17.6 Å². The van der Waals surface area contributed by atoms with Gasteiger partial charge in [-0.3, -0.25) is 4.79 Å². The fourth-order valence-electron chi connectivity index (χ4n) is 1.93. The van der Waals surface area contributed by atoms with Gasteiger partial charge in [-0.15, -0.1) is 0 Å². The van der Waals surface area contributed by atoms with Crippen molar-refractivity contribution < 1.29 is 14.3 Å². The third kappa shape index (κ3) is 2.56. The first-order chi connectivity index (χ1) is 9.54. The molecule has 4 nitrogen and oxygen atoms in total. The van der Waals surface area contributed by atoms with Gasteiger partial charge in [0.25, 0.3) is 5.91 Å². The lowest BCUT2D eigenvalue weighted by molar-refractivity contribution is 0.0987. The minimum Gasteiger partial charge on any atom is -0.506 e. The number of para-hydroxylation sites is 1. The summed E-state index contributed by atoms with van der Waals surface area (Å²) in [6.45, 7) is 2.06. The van der Waals surface area contributed by atoms with Crippen LogP contribution in [0.3, 0.4) is 0 Å². The van der Waals surface area contributed by atoms with E-state index in [-0.39, 0.29) is 22.7 Å². The molecule has 0 aliphatic rings. The van der Waals surface area contributed by atoms with Gasteiger partial charge in [0.1, 0.15) is 11.6 Å². The summed E-state index contributed by atoms with van der Waals surface area (Å²) in [6.07, 6.45) is 0. The Morgan fingerprint density at radius 3 is 2.60 bits per heavy atom. The normalized spacial score (nSPS) is 10.3. The SMILES string of the molecule is CCN(C(=O)c1ccc(N)c(O)c1)c1ccccc1F. The van der Waals surface area contributed by atoms with Crippen LogP contribution in [0.2, 0.25) is 0 Å². The lowest BCUT2D eigenvalue weighted by Gasteiger charge is -2.21. The van der Waals surface area contributed by atoms with Gasteiger partial charge in [-0.25, -0.2) is 4.39 Å². The Bertz CT molecular complexity index is 644. The van der Waals surface area contributed by atoms with E-state index >= 15 is 0 Å². The second-order valence-electron chi connectivity index (χ2n) is 4.27. The highest BCUT2D eigenvalue weighted by Gasteiger charge is 2.19. The summed E-state index contributed by atoms with van der Waals surface area (Å²) in [5, 5.41) is 9.56. The molecule has 2 aromatic carbocycles. The average Bonchev–Trinajstić information content (AvgIpc) is 2.44. The van der Waals surface area contributed by atoms with Crippen molar-refractivity contribution in [2.75, 3.05) is 17.2 Å². The van der Waals surface area contributed by atoms with Gasteiger partial charge in [-0.05, 0) is 37.3 Å². The third-order valence-electron chi connectivity index (χ3n) is 2.98. The number of nitrogens with two attached hydrogens (primary N) is 1. The number of carbonyl (C=O) groups is 1. The molecule has 3 N–H and O–H groups in total. The quantitative estimate of drug-likeness (QED) is 0.668. The van der Waals surface area contributed by atoms with Crippen LogP contribution in [-0.2, 0) is 0 Å². The van der Waals surface area contributed by atoms with Crippen LogP contribution in [0.4, 0.5) is 15.8 Å². The zero-order valence-electron chi connectivity index (χ0n) is 11.0. The molecule has 1 amide bonds. The van der Waals surface area contributed by atoms with Gasteiger partial charge in [0, 0.05) is 12.1 Å². The Balaban J connectivity index is 2.39. The van der Waals surface area contributed by atoms with Crippen LogP contribution in [0.15, 0.2) is 42.5 Å². The van der Waals surface area contributed by atoms with Gasteiger partial charge in [-0.2, -0.15) is 0 Å². The summed E-state index contributed by atoms with van der Waals surface area (Å²) >= 11 is 0. The van der Waals surface area contributed by atoms with Gasteiger partial charge >= 0.3 is 0 Å². The maximum atomic E-state index is 13.8.